The molecule has 0 unspecified atom stereocenters. The summed E-state index contributed by atoms with van der Waals surface area (Å²) in [6.45, 7) is 2.16. The summed E-state index contributed by atoms with van der Waals surface area (Å²) in [7, 11) is 0. The predicted octanol–water partition coefficient (Wildman–Crippen LogP) is 1.99. The Balaban J connectivity index is 2.26. The zero-order valence-electron chi connectivity index (χ0n) is 7.03. The minimum atomic E-state index is 0.402. The van der Waals surface area contributed by atoms with Gasteiger partial charge in [-0.1, -0.05) is 12.1 Å². The van der Waals surface area contributed by atoms with E-state index in [0.29, 0.717) is 5.75 Å². The van der Waals surface area contributed by atoms with Crippen LogP contribution in [-0.2, 0) is 0 Å². The summed E-state index contributed by atoms with van der Waals surface area (Å²) >= 11 is 0. The van der Waals surface area contributed by atoms with Crippen molar-refractivity contribution in [3.05, 3.63) is 24.3 Å². The van der Waals surface area contributed by atoms with Crippen LogP contribution in [0.3, 0.4) is 0 Å². The van der Waals surface area contributed by atoms with Gasteiger partial charge in [0.15, 0.2) is 0 Å². The number of phenols is 1. The largest absolute Gasteiger partial charge is 0.506 e. The van der Waals surface area contributed by atoms with Crippen molar-refractivity contribution in [3.8, 4) is 5.75 Å². The fraction of sp³-hybridized carbons (Fsp3) is 0.400. The third-order valence-corrected chi connectivity index (χ3v) is 2.33. The van der Waals surface area contributed by atoms with Gasteiger partial charge in [-0.15, -0.1) is 0 Å². The summed E-state index contributed by atoms with van der Waals surface area (Å²) in [6.07, 6.45) is 2.49. The van der Waals surface area contributed by atoms with E-state index in [0.717, 1.165) is 18.8 Å². The van der Waals surface area contributed by atoms with Gasteiger partial charge in [-0.05, 0) is 25.0 Å². The maximum atomic E-state index is 9.53. The third-order valence-electron chi connectivity index (χ3n) is 2.33. The van der Waals surface area contributed by atoms with Crippen LogP contribution in [0.5, 0.6) is 5.75 Å². The first-order chi connectivity index (χ1) is 5.88. The van der Waals surface area contributed by atoms with Crippen molar-refractivity contribution >= 4 is 5.69 Å². The third kappa shape index (κ3) is 1.24. The molecule has 1 saturated heterocycles. The van der Waals surface area contributed by atoms with Crippen molar-refractivity contribution < 1.29 is 5.11 Å². The van der Waals surface area contributed by atoms with Crippen molar-refractivity contribution in [3.63, 3.8) is 0 Å². The molecule has 12 heavy (non-hydrogen) atoms. The van der Waals surface area contributed by atoms with Gasteiger partial charge in [-0.3, -0.25) is 0 Å². The summed E-state index contributed by atoms with van der Waals surface area (Å²) in [5, 5.41) is 9.53. The lowest BCUT2D eigenvalue weighted by Crippen LogP contribution is -2.17. The molecule has 1 aromatic carbocycles. The molecule has 2 rings (SSSR count). The Morgan fingerprint density at radius 3 is 2.42 bits per heavy atom. The first-order valence-electron chi connectivity index (χ1n) is 4.41. The maximum Gasteiger partial charge on any atom is 0.138 e. The number of aromatic hydroxyl groups is 1. The van der Waals surface area contributed by atoms with Crippen LogP contribution < -0.4 is 4.90 Å². The van der Waals surface area contributed by atoms with Gasteiger partial charge in [0.25, 0.3) is 0 Å². The molecule has 0 spiro atoms. The Morgan fingerprint density at radius 2 is 1.75 bits per heavy atom. The molecule has 0 saturated carbocycles. The normalized spacial score (nSPS) is 16.8. The van der Waals surface area contributed by atoms with Crippen molar-refractivity contribution in [2.75, 3.05) is 18.0 Å². The number of rotatable bonds is 1. The van der Waals surface area contributed by atoms with E-state index in [-0.39, 0.29) is 0 Å². The fourth-order valence-electron chi connectivity index (χ4n) is 1.69. The van der Waals surface area contributed by atoms with Gasteiger partial charge in [0.05, 0.1) is 5.69 Å². The van der Waals surface area contributed by atoms with Crippen molar-refractivity contribution in [1.82, 2.24) is 0 Å². The van der Waals surface area contributed by atoms with Crippen LogP contribution in [0.1, 0.15) is 12.8 Å². The summed E-state index contributed by atoms with van der Waals surface area (Å²) in [5.41, 5.74) is 0.981. The Bertz CT molecular complexity index is 266. The standard InChI is InChI=1S/C10H13NO/c12-10-6-2-1-5-9(10)11-7-3-4-8-11/h1-2,5-6,12H,3-4,7-8H2. The van der Waals surface area contributed by atoms with Crippen LogP contribution in [0.25, 0.3) is 0 Å². The van der Waals surface area contributed by atoms with Crippen LogP contribution in [-0.4, -0.2) is 18.2 Å². The van der Waals surface area contributed by atoms with Crippen LogP contribution in [0.4, 0.5) is 5.69 Å². The van der Waals surface area contributed by atoms with Crippen LogP contribution >= 0.6 is 0 Å². The maximum absolute atomic E-state index is 9.53. The Labute approximate surface area is 72.4 Å². The van der Waals surface area contributed by atoms with Crippen LogP contribution in [0.2, 0.25) is 0 Å². The molecule has 0 aliphatic carbocycles. The zero-order chi connectivity index (χ0) is 8.39. The lowest BCUT2D eigenvalue weighted by atomic mass is 10.3. The molecule has 1 aliphatic rings. The topological polar surface area (TPSA) is 23.5 Å². The van der Waals surface area contributed by atoms with E-state index < -0.39 is 0 Å². The number of para-hydroxylation sites is 2. The Hall–Kier alpha value is -1.18. The first-order valence-corrected chi connectivity index (χ1v) is 4.41. The molecule has 1 aliphatic heterocycles. The average Bonchev–Trinajstić information content (AvgIpc) is 2.57. The van der Waals surface area contributed by atoms with Crippen LogP contribution in [0, 0.1) is 0 Å². The molecule has 64 valence electrons. The van der Waals surface area contributed by atoms with Gasteiger partial charge in [0.1, 0.15) is 5.75 Å². The minimum Gasteiger partial charge on any atom is -0.506 e. The second-order valence-electron chi connectivity index (χ2n) is 3.18. The molecule has 0 atom stereocenters. The highest BCUT2D eigenvalue weighted by atomic mass is 16.3. The molecular weight excluding hydrogens is 150 g/mol. The Morgan fingerprint density at radius 1 is 1.08 bits per heavy atom. The smallest absolute Gasteiger partial charge is 0.138 e. The predicted molar refractivity (Wildman–Crippen MR) is 49.6 cm³/mol. The van der Waals surface area contributed by atoms with Gasteiger partial charge < -0.3 is 10.0 Å². The molecule has 0 aromatic heterocycles. The van der Waals surface area contributed by atoms with E-state index in [9.17, 15) is 5.11 Å². The molecule has 2 nitrogen and oxygen atoms in total. The minimum absolute atomic E-state index is 0.402. The molecule has 0 bridgehead atoms. The molecule has 0 radical (unpaired) electrons. The summed E-state index contributed by atoms with van der Waals surface area (Å²) < 4.78 is 0. The second kappa shape index (κ2) is 3.05. The number of hydrogen-bond acceptors (Lipinski definition) is 2. The highest BCUT2D eigenvalue weighted by molar-refractivity contribution is 5.57. The first kappa shape index (κ1) is 7.47. The molecule has 2 heteroatoms. The molecule has 1 fully saturated rings. The van der Waals surface area contributed by atoms with Gasteiger partial charge in [-0.2, -0.15) is 0 Å². The van der Waals surface area contributed by atoms with Crippen molar-refractivity contribution in [1.29, 1.82) is 0 Å². The fourth-order valence-corrected chi connectivity index (χ4v) is 1.69. The van der Waals surface area contributed by atoms with Gasteiger partial charge in [-0.25, -0.2) is 0 Å². The highest BCUT2D eigenvalue weighted by Crippen LogP contribution is 2.28. The SMILES string of the molecule is Oc1ccccc1N1CCCC1. The lowest BCUT2D eigenvalue weighted by Gasteiger charge is -2.18. The van der Waals surface area contributed by atoms with Gasteiger partial charge >= 0.3 is 0 Å². The number of hydrogen-bond donors (Lipinski definition) is 1. The molecule has 1 N–H and O–H groups in total. The lowest BCUT2D eigenvalue weighted by molar-refractivity contribution is 0.475. The second-order valence-corrected chi connectivity index (χ2v) is 3.18. The summed E-state index contributed by atoms with van der Waals surface area (Å²) in [6, 6.07) is 7.54. The molecule has 1 heterocycles. The molecule has 0 amide bonds. The van der Waals surface area contributed by atoms with Crippen molar-refractivity contribution in [2.24, 2.45) is 0 Å². The van der Waals surface area contributed by atoms with E-state index >= 15 is 0 Å². The average molecular weight is 163 g/mol. The molecule has 1 aromatic rings. The van der Waals surface area contributed by atoms with E-state index in [2.05, 4.69) is 4.90 Å². The van der Waals surface area contributed by atoms with Crippen molar-refractivity contribution in [2.45, 2.75) is 12.8 Å². The summed E-state index contributed by atoms with van der Waals surface area (Å²) in [5.74, 6) is 0.402. The zero-order valence-corrected chi connectivity index (χ0v) is 7.03. The number of phenolic OH excluding ortho intramolecular Hbond substituents is 1. The molecular formula is C10H13NO. The Kier molecular flexibility index (Phi) is 1.90. The highest BCUT2D eigenvalue weighted by Gasteiger charge is 2.14. The van der Waals surface area contributed by atoms with E-state index in [4.69, 9.17) is 0 Å². The number of anilines is 1. The van der Waals surface area contributed by atoms with E-state index in [1.807, 2.05) is 18.2 Å². The van der Waals surface area contributed by atoms with Gasteiger partial charge in [0.2, 0.25) is 0 Å². The van der Waals surface area contributed by atoms with Crippen LogP contribution in [0.15, 0.2) is 24.3 Å². The van der Waals surface area contributed by atoms with E-state index in [1.165, 1.54) is 12.8 Å². The monoisotopic (exact) mass is 163 g/mol. The quantitative estimate of drug-likeness (QED) is 0.684. The van der Waals surface area contributed by atoms with Gasteiger partial charge in [0, 0.05) is 13.1 Å². The van der Waals surface area contributed by atoms with E-state index in [1.54, 1.807) is 6.07 Å². The summed E-state index contributed by atoms with van der Waals surface area (Å²) in [4.78, 5) is 2.23. The number of nitrogens with zero attached hydrogens (tertiary/aromatic N) is 1. The number of benzene rings is 1.